The van der Waals surface area contributed by atoms with Gasteiger partial charge in [-0.25, -0.2) is 0 Å². The van der Waals surface area contributed by atoms with Gasteiger partial charge in [-0.05, 0) is 25.0 Å². The van der Waals surface area contributed by atoms with E-state index in [1.165, 1.54) is 0 Å². The molecule has 106 valence electrons. The topological polar surface area (TPSA) is 88.0 Å². The van der Waals surface area contributed by atoms with E-state index >= 15 is 0 Å². The maximum Gasteiger partial charge on any atom is 0.220 e. The quantitative estimate of drug-likeness (QED) is 0.744. The fourth-order valence-electron chi connectivity index (χ4n) is 2.29. The van der Waals surface area contributed by atoms with Crippen molar-refractivity contribution in [2.24, 2.45) is 5.73 Å². The van der Waals surface area contributed by atoms with Crippen LogP contribution in [0.5, 0.6) is 0 Å². The van der Waals surface area contributed by atoms with E-state index in [1.54, 1.807) is 6.92 Å². The molecule has 1 aromatic carbocycles. The summed E-state index contributed by atoms with van der Waals surface area (Å²) in [5.41, 5.74) is 7.29. The van der Waals surface area contributed by atoms with E-state index in [0.29, 0.717) is 12.8 Å². The summed E-state index contributed by atoms with van der Waals surface area (Å²) in [6.07, 6.45) is 3.16. The Labute approximate surface area is 117 Å². The zero-order valence-electron chi connectivity index (χ0n) is 11.5. The molecule has 1 unspecified atom stereocenters. The first-order chi connectivity index (χ1) is 9.56. The molecule has 0 radical (unpaired) electrons. The van der Waals surface area contributed by atoms with Crippen molar-refractivity contribution in [2.45, 2.75) is 32.2 Å². The van der Waals surface area contributed by atoms with Gasteiger partial charge in [-0.15, -0.1) is 0 Å². The van der Waals surface area contributed by atoms with Crippen molar-refractivity contribution in [1.82, 2.24) is 10.3 Å². The Hall–Kier alpha value is -2.30. The van der Waals surface area contributed by atoms with Crippen molar-refractivity contribution in [1.29, 1.82) is 0 Å². The lowest BCUT2D eigenvalue weighted by Crippen LogP contribution is -2.35. The molecular weight excluding hydrogens is 254 g/mol. The Balaban J connectivity index is 1.89. The first-order valence-corrected chi connectivity index (χ1v) is 6.69. The maximum atomic E-state index is 11.8. The second kappa shape index (κ2) is 6.23. The highest BCUT2D eigenvalue weighted by atomic mass is 16.2. The number of benzene rings is 1. The summed E-state index contributed by atoms with van der Waals surface area (Å²) in [5.74, 6) is -0.474. The monoisotopic (exact) mass is 273 g/mol. The molecule has 20 heavy (non-hydrogen) atoms. The van der Waals surface area contributed by atoms with Crippen molar-refractivity contribution in [2.75, 3.05) is 0 Å². The molecular formula is C15H19N3O2. The van der Waals surface area contributed by atoms with Crippen LogP contribution in [0.2, 0.25) is 0 Å². The smallest absolute Gasteiger partial charge is 0.220 e. The lowest BCUT2D eigenvalue weighted by atomic mass is 10.1. The molecule has 0 fully saturated rings. The van der Waals surface area contributed by atoms with Crippen LogP contribution in [0.1, 0.15) is 25.3 Å². The molecule has 4 N–H and O–H groups in total. The van der Waals surface area contributed by atoms with Gasteiger partial charge in [0.1, 0.15) is 0 Å². The number of carbonyl (C=O) groups excluding carboxylic acids is 2. The molecule has 0 spiro atoms. The Kier molecular flexibility index (Phi) is 4.40. The highest BCUT2D eigenvalue weighted by molar-refractivity contribution is 5.84. The van der Waals surface area contributed by atoms with Gasteiger partial charge in [0.2, 0.25) is 11.8 Å². The average molecular weight is 273 g/mol. The van der Waals surface area contributed by atoms with Crippen LogP contribution in [0, 0.1) is 0 Å². The molecule has 0 aliphatic carbocycles. The zero-order valence-corrected chi connectivity index (χ0v) is 11.5. The minimum Gasteiger partial charge on any atom is -0.370 e. The number of hydrogen-bond donors (Lipinski definition) is 3. The third-order valence-corrected chi connectivity index (χ3v) is 3.21. The number of nitrogens with two attached hydrogens (primary N) is 1. The predicted octanol–water partition coefficient (Wildman–Crippen LogP) is 1.48. The number of aryl methyl sites for hydroxylation is 1. The molecule has 1 heterocycles. The number of nitrogens with one attached hydrogen (secondary N) is 2. The molecule has 5 heteroatoms. The van der Waals surface area contributed by atoms with Gasteiger partial charge in [0.05, 0.1) is 0 Å². The summed E-state index contributed by atoms with van der Waals surface area (Å²) in [6.45, 7) is 1.77. The molecule has 0 aliphatic rings. The Bertz CT molecular complexity index is 618. The van der Waals surface area contributed by atoms with Crippen molar-refractivity contribution in [3.8, 4) is 0 Å². The van der Waals surface area contributed by atoms with Gasteiger partial charge in [0, 0.05) is 36.0 Å². The van der Waals surface area contributed by atoms with Crippen LogP contribution < -0.4 is 11.1 Å². The Morgan fingerprint density at radius 3 is 2.85 bits per heavy atom. The summed E-state index contributed by atoms with van der Waals surface area (Å²) in [6, 6.07) is 7.78. The van der Waals surface area contributed by atoms with E-state index < -0.39 is 5.91 Å². The molecule has 2 aromatic rings. The van der Waals surface area contributed by atoms with E-state index in [9.17, 15) is 9.59 Å². The largest absolute Gasteiger partial charge is 0.370 e. The molecule has 5 nitrogen and oxygen atoms in total. The van der Waals surface area contributed by atoms with Crippen LogP contribution in [0.15, 0.2) is 30.5 Å². The highest BCUT2D eigenvalue weighted by Gasteiger charge is 2.11. The van der Waals surface area contributed by atoms with Gasteiger partial charge in [-0.1, -0.05) is 18.2 Å². The number of para-hydroxylation sites is 1. The number of hydrogen-bond acceptors (Lipinski definition) is 2. The third kappa shape index (κ3) is 3.60. The average Bonchev–Trinajstić information content (AvgIpc) is 2.78. The van der Waals surface area contributed by atoms with E-state index in [0.717, 1.165) is 16.5 Å². The number of rotatable bonds is 6. The number of carbonyl (C=O) groups is 2. The molecule has 0 aliphatic heterocycles. The third-order valence-electron chi connectivity index (χ3n) is 3.21. The predicted molar refractivity (Wildman–Crippen MR) is 78.0 cm³/mol. The summed E-state index contributed by atoms with van der Waals surface area (Å²) in [7, 11) is 0. The van der Waals surface area contributed by atoms with Crippen molar-refractivity contribution in [3.05, 3.63) is 36.0 Å². The molecule has 0 saturated heterocycles. The van der Waals surface area contributed by atoms with Crippen LogP contribution in [-0.4, -0.2) is 22.8 Å². The minimum absolute atomic E-state index is 0.0657. The van der Waals surface area contributed by atoms with E-state index in [1.807, 2.05) is 30.5 Å². The van der Waals surface area contributed by atoms with E-state index in [-0.39, 0.29) is 18.4 Å². The number of fused-ring (bicyclic) bond motifs is 1. The summed E-state index contributed by atoms with van der Waals surface area (Å²) >= 11 is 0. The molecule has 2 rings (SSSR count). The van der Waals surface area contributed by atoms with Gasteiger partial charge in [0.25, 0.3) is 0 Å². The number of aromatic amines is 1. The summed E-state index contributed by atoms with van der Waals surface area (Å²) in [4.78, 5) is 25.7. The van der Waals surface area contributed by atoms with Crippen molar-refractivity contribution >= 4 is 22.7 Å². The van der Waals surface area contributed by atoms with Crippen LogP contribution in [0.4, 0.5) is 0 Å². The van der Waals surface area contributed by atoms with Crippen LogP contribution in [0.25, 0.3) is 10.9 Å². The first-order valence-electron chi connectivity index (χ1n) is 6.69. The zero-order chi connectivity index (χ0) is 14.5. The molecule has 0 saturated carbocycles. The standard InChI is InChI=1S/C15H19N3O2/c1-10(8-14(16)19)18-15(20)7-6-11-9-17-13-5-3-2-4-12(11)13/h2-5,9-10,17H,6-8H2,1H3,(H2,16,19)(H,18,20). The number of aromatic nitrogens is 1. The Morgan fingerprint density at radius 1 is 1.35 bits per heavy atom. The van der Waals surface area contributed by atoms with E-state index in [2.05, 4.69) is 10.3 Å². The number of H-pyrrole nitrogens is 1. The normalized spacial score (nSPS) is 12.2. The summed E-state index contributed by atoms with van der Waals surface area (Å²) < 4.78 is 0. The van der Waals surface area contributed by atoms with Gasteiger partial charge >= 0.3 is 0 Å². The van der Waals surface area contributed by atoms with Crippen molar-refractivity contribution < 1.29 is 9.59 Å². The van der Waals surface area contributed by atoms with Crippen LogP contribution >= 0.6 is 0 Å². The first kappa shape index (κ1) is 14.1. The maximum absolute atomic E-state index is 11.8. The second-order valence-electron chi connectivity index (χ2n) is 5.00. The molecule has 0 bridgehead atoms. The molecule has 2 amide bonds. The fraction of sp³-hybridized carbons (Fsp3) is 0.333. The summed E-state index contributed by atoms with van der Waals surface area (Å²) in [5, 5.41) is 3.92. The lowest BCUT2D eigenvalue weighted by Gasteiger charge is -2.11. The van der Waals surface area contributed by atoms with Gasteiger partial charge in [-0.2, -0.15) is 0 Å². The van der Waals surface area contributed by atoms with E-state index in [4.69, 9.17) is 5.73 Å². The fourth-order valence-corrected chi connectivity index (χ4v) is 2.29. The number of primary amides is 1. The minimum atomic E-state index is -0.408. The van der Waals surface area contributed by atoms with Crippen LogP contribution in [0.3, 0.4) is 0 Å². The second-order valence-corrected chi connectivity index (χ2v) is 5.00. The molecule has 1 aromatic heterocycles. The van der Waals surface area contributed by atoms with Gasteiger partial charge in [0.15, 0.2) is 0 Å². The van der Waals surface area contributed by atoms with Crippen molar-refractivity contribution in [3.63, 3.8) is 0 Å². The molecule has 1 atom stereocenters. The van der Waals surface area contributed by atoms with Gasteiger partial charge < -0.3 is 16.0 Å². The number of amides is 2. The van der Waals surface area contributed by atoms with Gasteiger partial charge in [-0.3, -0.25) is 9.59 Å². The lowest BCUT2D eigenvalue weighted by molar-refractivity contribution is -0.122. The van der Waals surface area contributed by atoms with Crippen LogP contribution in [-0.2, 0) is 16.0 Å². The Morgan fingerprint density at radius 2 is 2.10 bits per heavy atom. The SMILES string of the molecule is CC(CC(N)=O)NC(=O)CCc1c[nH]c2ccccc12. The highest BCUT2D eigenvalue weighted by Crippen LogP contribution is 2.18.